The molecule has 0 aliphatic carbocycles. The van der Waals surface area contributed by atoms with Crippen LogP contribution in [0, 0.1) is 0 Å². The highest BCUT2D eigenvalue weighted by Crippen LogP contribution is 2.14. The molecule has 15 heavy (non-hydrogen) atoms. The maximum absolute atomic E-state index is 11.4. The van der Waals surface area contributed by atoms with E-state index in [4.69, 9.17) is 4.74 Å². The number of carbonyl (C=O) groups is 1. The molecule has 0 aliphatic heterocycles. The summed E-state index contributed by atoms with van der Waals surface area (Å²) >= 11 is 3.24. The molecule has 0 spiro atoms. The van der Waals surface area contributed by atoms with Crippen LogP contribution in [0.25, 0.3) is 5.65 Å². The highest BCUT2D eigenvalue weighted by atomic mass is 79.9. The maximum Gasteiger partial charge on any atom is 0.358 e. The Morgan fingerprint density at radius 1 is 1.67 bits per heavy atom. The molecule has 5 nitrogen and oxygen atoms in total. The first-order valence-electron chi connectivity index (χ1n) is 4.38. The third-order valence-electron chi connectivity index (χ3n) is 1.82. The van der Waals surface area contributed by atoms with Crippen LogP contribution in [0.15, 0.2) is 23.2 Å². The van der Waals surface area contributed by atoms with Crippen LogP contribution in [0.1, 0.15) is 17.4 Å². The second-order valence-corrected chi connectivity index (χ2v) is 3.55. The van der Waals surface area contributed by atoms with Crippen molar-refractivity contribution in [2.45, 2.75) is 6.92 Å². The minimum absolute atomic E-state index is 0.259. The van der Waals surface area contributed by atoms with Gasteiger partial charge in [0.05, 0.1) is 6.61 Å². The predicted octanol–water partition coefficient (Wildman–Crippen LogP) is 1.67. The van der Waals surface area contributed by atoms with Gasteiger partial charge in [0.2, 0.25) is 0 Å². The lowest BCUT2D eigenvalue weighted by Gasteiger charge is -2.02. The first-order chi connectivity index (χ1) is 7.22. The first-order valence-corrected chi connectivity index (χ1v) is 5.18. The average Bonchev–Trinajstić information content (AvgIpc) is 2.66. The van der Waals surface area contributed by atoms with E-state index in [1.54, 1.807) is 29.9 Å². The molecule has 0 aromatic carbocycles. The van der Waals surface area contributed by atoms with Crippen molar-refractivity contribution in [3.8, 4) is 0 Å². The zero-order chi connectivity index (χ0) is 10.8. The van der Waals surface area contributed by atoms with Gasteiger partial charge in [0.15, 0.2) is 11.3 Å². The lowest BCUT2D eigenvalue weighted by molar-refractivity contribution is 0.0518. The molecule has 0 atom stereocenters. The molecule has 2 rings (SSSR count). The molecule has 2 aromatic heterocycles. The fourth-order valence-electron chi connectivity index (χ4n) is 1.20. The fraction of sp³-hybridized carbons (Fsp3) is 0.222. The van der Waals surface area contributed by atoms with Gasteiger partial charge in [-0.05, 0) is 22.9 Å². The lowest BCUT2D eigenvalue weighted by Crippen LogP contribution is -2.08. The fourth-order valence-corrected chi connectivity index (χ4v) is 1.69. The molecule has 0 amide bonds. The van der Waals surface area contributed by atoms with Gasteiger partial charge in [-0.15, -0.1) is 0 Å². The van der Waals surface area contributed by atoms with E-state index >= 15 is 0 Å². The number of hydrogen-bond acceptors (Lipinski definition) is 4. The molecular formula is C9H8BrN3O2. The molecule has 0 aliphatic rings. The van der Waals surface area contributed by atoms with E-state index in [0.717, 1.165) is 0 Å². The van der Waals surface area contributed by atoms with Crippen molar-refractivity contribution in [2.75, 3.05) is 6.61 Å². The molecular weight excluding hydrogens is 262 g/mol. The normalized spacial score (nSPS) is 10.5. The second-order valence-electron chi connectivity index (χ2n) is 2.80. The Morgan fingerprint density at radius 3 is 3.20 bits per heavy atom. The number of hydrogen-bond donors (Lipinski definition) is 0. The van der Waals surface area contributed by atoms with Gasteiger partial charge in [0.1, 0.15) is 4.60 Å². The first kappa shape index (κ1) is 10.1. The number of aromatic nitrogens is 3. The van der Waals surface area contributed by atoms with Crippen LogP contribution in [0.3, 0.4) is 0 Å². The van der Waals surface area contributed by atoms with Crippen molar-refractivity contribution in [3.63, 3.8) is 0 Å². The summed E-state index contributed by atoms with van der Waals surface area (Å²) in [6.07, 6.45) is 4.96. The zero-order valence-corrected chi connectivity index (χ0v) is 9.56. The number of esters is 1. The lowest BCUT2D eigenvalue weighted by atomic mass is 10.4. The Bertz CT molecular complexity index is 509. The van der Waals surface area contributed by atoms with Crippen molar-refractivity contribution in [1.29, 1.82) is 0 Å². The van der Waals surface area contributed by atoms with E-state index in [2.05, 4.69) is 25.9 Å². The highest BCUT2D eigenvalue weighted by molar-refractivity contribution is 9.10. The van der Waals surface area contributed by atoms with E-state index in [1.807, 2.05) is 0 Å². The Kier molecular flexibility index (Phi) is 2.68. The Morgan fingerprint density at radius 2 is 2.47 bits per heavy atom. The SMILES string of the molecule is CCOC(=O)c1cn2ccnc2c(Br)n1. The van der Waals surface area contributed by atoms with Crippen LogP contribution in [-0.4, -0.2) is 26.9 Å². The zero-order valence-electron chi connectivity index (χ0n) is 7.98. The summed E-state index contributed by atoms with van der Waals surface area (Å²) < 4.78 is 7.09. The minimum Gasteiger partial charge on any atom is -0.461 e. The molecule has 0 bridgehead atoms. The molecule has 0 N–H and O–H groups in total. The van der Waals surface area contributed by atoms with Gasteiger partial charge < -0.3 is 9.14 Å². The molecule has 0 unspecified atom stereocenters. The average molecular weight is 270 g/mol. The van der Waals surface area contributed by atoms with Gasteiger partial charge in [-0.1, -0.05) is 0 Å². The summed E-state index contributed by atoms with van der Waals surface area (Å²) in [5.74, 6) is -0.436. The summed E-state index contributed by atoms with van der Waals surface area (Å²) in [4.78, 5) is 19.5. The molecule has 0 saturated heterocycles. The summed E-state index contributed by atoms with van der Waals surface area (Å²) in [6.45, 7) is 2.09. The molecule has 2 heterocycles. The smallest absolute Gasteiger partial charge is 0.358 e. The quantitative estimate of drug-likeness (QED) is 0.779. The van der Waals surface area contributed by atoms with Gasteiger partial charge >= 0.3 is 5.97 Å². The Hall–Kier alpha value is -1.43. The summed E-state index contributed by atoms with van der Waals surface area (Å²) in [7, 11) is 0. The third kappa shape index (κ3) is 1.85. The number of nitrogens with zero attached hydrogens (tertiary/aromatic N) is 3. The van der Waals surface area contributed by atoms with Gasteiger partial charge in [-0.3, -0.25) is 0 Å². The van der Waals surface area contributed by atoms with Crippen molar-refractivity contribution >= 4 is 27.5 Å². The number of fused-ring (bicyclic) bond motifs is 1. The van der Waals surface area contributed by atoms with E-state index in [-0.39, 0.29) is 5.69 Å². The van der Waals surface area contributed by atoms with Crippen LogP contribution in [0.4, 0.5) is 0 Å². The van der Waals surface area contributed by atoms with Gasteiger partial charge in [0, 0.05) is 18.6 Å². The number of halogens is 1. The van der Waals surface area contributed by atoms with Gasteiger partial charge in [-0.25, -0.2) is 14.8 Å². The molecule has 0 radical (unpaired) electrons. The van der Waals surface area contributed by atoms with Gasteiger partial charge in [-0.2, -0.15) is 0 Å². The number of carbonyl (C=O) groups excluding carboxylic acids is 1. The standard InChI is InChI=1S/C9H8BrN3O2/c1-2-15-9(14)6-5-13-4-3-11-8(13)7(10)12-6/h3-5H,2H2,1H3. The van der Waals surface area contributed by atoms with Crippen molar-refractivity contribution in [3.05, 3.63) is 28.9 Å². The van der Waals surface area contributed by atoms with Crippen LogP contribution in [-0.2, 0) is 4.74 Å². The molecule has 6 heteroatoms. The molecule has 0 fully saturated rings. The Labute approximate surface area is 94.2 Å². The highest BCUT2D eigenvalue weighted by Gasteiger charge is 2.12. The van der Waals surface area contributed by atoms with E-state index in [9.17, 15) is 4.79 Å². The number of rotatable bonds is 2. The Balaban J connectivity index is 2.49. The van der Waals surface area contributed by atoms with Crippen LogP contribution < -0.4 is 0 Å². The van der Waals surface area contributed by atoms with E-state index in [1.165, 1.54) is 0 Å². The van der Waals surface area contributed by atoms with Crippen molar-refractivity contribution in [2.24, 2.45) is 0 Å². The second kappa shape index (κ2) is 3.98. The van der Waals surface area contributed by atoms with Crippen LogP contribution in [0.5, 0.6) is 0 Å². The van der Waals surface area contributed by atoms with Crippen molar-refractivity contribution in [1.82, 2.24) is 14.4 Å². The topological polar surface area (TPSA) is 56.5 Å². The molecule has 78 valence electrons. The largest absolute Gasteiger partial charge is 0.461 e. The van der Waals surface area contributed by atoms with Gasteiger partial charge in [0.25, 0.3) is 0 Å². The monoisotopic (exact) mass is 269 g/mol. The number of imidazole rings is 1. The maximum atomic E-state index is 11.4. The summed E-state index contributed by atoms with van der Waals surface area (Å²) in [5, 5.41) is 0. The van der Waals surface area contributed by atoms with E-state index in [0.29, 0.717) is 16.9 Å². The number of ether oxygens (including phenoxy) is 1. The van der Waals surface area contributed by atoms with Crippen LogP contribution in [0.2, 0.25) is 0 Å². The van der Waals surface area contributed by atoms with E-state index < -0.39 is 5.97 Å². The molecule has 2 aromatic rings. The summed E-state index contributed by atoms with van der Waals surface area (Å²) in [6, 6.07) is 0. The van der Waals surface area contributed by atoms with Crippen molar-refractivity contribution < 1.29 is 9.53 Å². The molecule has 0 saturated carbocycles. The minimum atomic E-state index is -0.436. The third-order valence-corrected chi connectivity index (χ3v) is 2.35. The summed E-state index contributed by atoms with van der Waals surface area (Å²) in [5.41, 5.74) is 0.928. The predicted molar refractivity (Wildman–Crippen MR) is 56.6 cm³/mol. The van der Waals surface area contributed by atoms with Crippen LogP contribution >= 0.6 is 15.9 Å².